The van der Waals surface area contributed by atoms with Crippen molar-refractivity contribution in [2.45, 2.75) is 50.1 Å². The van der Waals surface area contributed by atoms with Gasteiger partial charge in [0, 0.05) is 54.1 Å². The number of amides is 2. The highest BCUT2D eigenvalue weighted by Gasteiger charge is 2.51. The topological polar surface area (TPSA) is 125 Å². The van der Waals surface area contributed by atoms with Crippen molar-refractivity contribution in [3.63, 3.8) is 0 Å². The summed E-state index contributed by atoms with van der Waals surface area (Å²) in [7, 11) is 0. The first-order valence-electron chi connectivity index (χ1n) is 15.4. The summed E-state index contributed by atoms with van der Waals surface area (Å²) in [4.78, 5) is 44.2. The van der Waals surface area contributed by atoms with Crippen LogP contribution in [-0.2, 0) is 21.5 Å². The van der Waals surface area contributed by atoms with Crippen LogP contribution in [0.25, 0.3) is 22.3 Å². The van der Waals surface area contributed by atoms with Gasteiger partial charge in [-0.25, -0.2) is 9.97 Å². The van der Waals surface area contributed by atoms with E-state index in [1.165, 1.54) is 12.5 Å². The first-order chi connectivity index (χ1) is 21.5. The van der Waals surface area contributed by atoms with E-state index in [9.17, 15) is 9.59 Å². The number of aromatic nitrogens is 4. The van der Waals surface area contributed by atoms with Crippen LogP contribution in [0.3, 0.4) is 0 Å². The Kier molecular flexibility index (Phi) is 7.69. The van der Waals surface area contributed by atoms with Gasteiger partial charge in [0.25, 0.3) is 5.91 Å². The van der Waals surface area contributed by atoms with Gasteiger partial charge in [-0.2, -0.15) is 0 Å². The lowest BCUT2D eigenvalue weighted by atomic mass is 9.55. The van der Waals surface area contributed by atoms with E-state index in [0.29, 0.717) is 23.8 Å². The Morgan fingerprint density at radius 3 is 2.80 bits per heavy atom. The fraction of sp³-hybridized carbons (Fsp3) is 0.382. The number of hydrogen-bond donors (Lipinski definition) is 3. The summed E-state index contributed by atoms with van der Waals surface area (Å²) in [5.74, 6) is 0.125. The predicted molar refractivity (Wildman–Crippen MR) is 168 cm³/mol. The summed E-state index contributed by atoms with van der Waals surface area (Å²) < 4.78 is 5.76. The fourth-order valence-corrected chi connectivity index (χ4v) is 7.13. The van der Waals surface area contributed by atoms with E-state index in [1.54, 1.807) is 12.5 Å². The van der Waals surface area contributed by atoms with Crippen LogP contribution in [-0.4, -0.2) is 69.0 Å². The minimum absolute atomic E-state index is 0.0949. The van der Waals surface area contributed by atoms with Crippen molar-refractivity contribution in [3.8, 4) is 11.3 Å². The average molecular weight is 592 g/mol. The maximum absolute atomic E-state index is 13.1. The maximum atomic E-state index is 13.1. The summed E-state index contributed by atoms with van der Waals surface area (Å²) in [5, 5.41) is 7.06. The van der Waals surface area contributed by atoms with Gasteiger partial charge in [-0.05, 0) is 92.1 Å². The third-order valence-electron chi connectivity index (χ3n) is 9.58. The van der Waals surface area contributed by atoms with E-state index in [2.05, 4.69) is 43.1 Å². The number of pyridine rings is 1. The number of benzene rings is 1. The number of carbonyl (C=O) groups is 2. The summed E-state index contributed by atoms with van der Waals surface area (Å²) in [6, 6.07) is 13.8. The molecular formula is C34H37N7O3. The Morgan fingerprint density at radius 2 is 2.00 bits per heavy atom. The molecule has 226 valence electrons. The standard InChI is InChI=1S/C34H37N7O3/c1-2-30(42)38-26-4-3-14-41(19-26)18-22-10-13-35-29(16-22)33(43)39-25-7-5-23(6-8-25)28-17-27-31(36-21-37-32(27)40-28)34-11-9-24(34)20-44-15-12-34/h2,5-8,10,13,16-17,21,24,26H,1,3-4,9,11-12,14-15,18-20H2,(H,38,42)(H,39,43)(H,36,37,40)/t24-,26+,34-/m0/s1. The second-order valence-electron chi connectivity index (χ2n) is 12.3. The van der Waals surface area contributed by atoms with Gasteiger partial charge in [0.15, 0.2) is 0 Å². The van der Waals surface area contributed by atoms with Gasteiger partial charge in [0.2, 0.25) is 5.91 Å². The minimum Gasteiger partial charge on any atom is -0.381 e. The largest absolute Gasteiger partial charge is 0.381 e. The molecule has 3 N–H and O–H groups in total. The van der Waals surface area contributed by atoms with Gasteiger partial charge in [0.05, 0.1) is 12.3 Å². The minimum atomic E-state index is -0.259. The van der Waals surface area contributed by atoms with Gasteiger partial charge in [-0.1, -0.05) is 18.7 Å². The number of carbonyl (C=O) groups excluding carboxylic acids is 2. The number of aromatic amines is 1. The number of anilines is 1. The van der Waals surface area contributed by atoms with Crippen molar-refractivity contribution >= 4 is 28.5 Å². The lowest BCUT2D eigenvalue weighted by Gasteiger charge is -2.52. The van der Waals surface area contributed by atoms with E-state index in [0.717, 1.165) is 85.5 Å². The number of likely N-dealkylation sites (tertiary alicyclic amines) is 1. The lowest BCUT2D eigenvalue weighted by molar-refractivity contribution is -0.117. The van der Waals surface area contributed by atoms with Crippen LogP contribution in [0.15, 0.2) is 67.6 Å². The molecule has 4 aromatic rings. The number of hydrogen-bond acceptors (Lipinski definition) is 7. The van der Waals surface area contributed by atoms with E-state index in [-0.39, 0.29) is 23.3 Å². The lowest BCUT2D eigenvalue weighted by Crippen LogP contribution is -2.51. The molecule has 1 aromatic carbocycles. The van der Waals surface area contributed by atoms with E-state index in [4.69, 9.17) is 9.72 Å². The summed E-state index contributed by atoms with van der Waals surface area (Å²) in [6.45, 7) is 7.52. The first kappa shape index (κ1) is 28.4. The SMILES string of the molecule is C=CC(=O)N[C@@H]1CCCN(Cc2ccnc(C(=O)Nc3ccc(-c4cc5c([C@@]67CCOC[C@@H]6CC7)ncnc5[nH]4)cc3)c2)C1. The van der Waals surface area contributed by atoms with Gasteiger partial charge in [-0.15, -0.1) is 0 Å². The molecule has 2 amide bonds. The van der Waals surface area contributed by atoms with Gasteiger partial charge in [-0.3, -0.25) is 19.5 Å². The van der Waals surface area contributed by atoms with E-state index in [1.807, 2.05) is 36.4 Å². The van der Waals surface area contributed by atoms with Crippen LogP contribution in [0.5, 0.6) is 0 Å². The predicted octanol–water partition coefficient (Wildman–Crippen LogP) is 4.61. The Hall–Kier alpha value is -4.41. The monoisotopic (exact) mass is 591 g/mol. The van der Waals surface area contributed by atoms with Gasteiger partial charge < -0.3 is 20.4 Å². The number of ether oxygens (including phenoxy) is 1. The zero-order chi connectivity index (χ0) is 30.1. The molecule has 10 nitrogen and oxygen atoms in total. The van der Waals surface area contributed by atoms with Gasteiger partial charge >= 0.3 is 0 Å². The molecule has 5 heterocycles. The highest BCUT2D eigenvalue weighted by Crippen LogP contribution is 2.54. The number of H-pyrrole nitrogens is 1. The number of nitrogens with one attached hydrogen (secondary N) is 3. The molecule has 3 atom stereocenters. The second-order valence-corrected chi connectivity index (χ2v) is 12.3. The molecule has 44 heavy (non-hydrogen) atoms. The zero-order valence-corrected chi connectivity index (χ0v) is 24.7. The summed E-state index contributed by atoms with van der Waals surface area (Å²) in [5.41, 5.74) is 6.12. The zero-order valence-electron chi connectivity index (χ0n) is 24.7. The number of nitrogens with zero attached hydrogens (tertiary/aromatic N) is 4. The van der Waals surface area contributed by atoms with Crippen LogP contribution in [0.2, 0.25) is 0 Å². The average Bonchev–Trinajstić information content (AvgIpc) is 3.47. The second kappa shape index (κ2) is 11.9. The smallest absolute Gasteiger partial charge is 0.274 e. The van der Waals surface area contributed by atoms with Crippen LogP contribution in [0.4, 0.5) is 5.69 Å². The molecule has 0 spiro atoms. The Balaban J connectivity index is 1.02. The molecule has 0 unspecified atom stereocenters. The molecule has 3 fully saturated rings. The molecule has 1 aliphatic carbocycles. The normalized spacial score (nSPS) is 23.4. The molecule has 2 saturated heterocycles. The third kappa shape index (κ3) is 5.51. The van der Waals surface area contributed by atoms with Crippen molar-refractivity contribution in [2.24, 2.45) is 5.92 Å². The Labute approximate surface area is 256 Å². The van der Waals surface area contributed by atoms with Crippen molar-refractivity contribution in [3.05, 3.63) is 84.6 Å². The Morgan fingerprint density at radius 1 is 1.11 bits per heavy atom. The van der Waals surface area contributed by atoms with Crippen molar-refractivity contribution < 1.29 is 14.3 Å². The maximum Gasteiger partial charge on any atom is 0.274 e. The quantitative estimate of drug-likeness (QED) is 0.256. The molecule has 0 radical (unpaired) electrons. The van der Waals surface area contributed by atoms with Crippen molar-refractivity contribution in [1.29, 1.82) is 0 Å². The van der Waals surface area contributed by atoms with E-state index >= 15 is 0 Å². The molecule has 2 aliphatic heterocycles. The van der Waals surface area contributed by atoms with Gasteiger partial charge in [0.1, 0.15) is 17.7 Å². The number of rotatable bonds is 8. The highest BCUT2D eigenvalue weighted by atomic mass is 16.5. The van der Waals surface area contributed by atoms with Crippen molar-refractivity contribution in [1.82, 2.24) is 30.2 Å². The molecule has 7 rings (SSSR count). The summed E-state index contributed by atoms with van der Waals surface area (Å²) >= 11 is 0. The summed E-state index contributed by atoms with van der Waals surface area (Å²) in [6.07, 6.45) is 9.94. The first-order valence-corrected chi connectivity index (χ1v) is 15.4. The van der Waals surface area contributed by atoms with Crippen LogP contribution >= 0.6 is 0 Å². The molecule has 3 aliphatic rings. The van der Waals surface area contributed by atoms with Crippen LogP contribution < -0.4 is 10.6 Å². The van der Waals surface area contributed by atoms with E-state index < -0.39 is 0 Å². The molecule has 10 heteroatoms. The molecular weight excluding hydrogens is 554 g/mol. The van der Waals surface area contributed by atoms with Crippen molar-refractivity contribution in [2.75, 3.05) is 31.6 Å². The molecule has 0 bridgehead atoms. The fourth-order valence-electron chi connectivity index (χ4n) is 7.13. The number of piperidine rings is 1. The Bertz CT molecular complexity index is 1700. The van der Waals surface area contributed by atoms with Crippen LogP contribution in [0, 0.1) is 5.92 Å². The number of fused-ring (bicyclic) bond motifs is 2. The highest BCUT2D eigenvalue weighted by molar-refractivity contribution is 6.03. The molecule has 3 aromatic heterocycles. The van der Waals surface area contributed by atoms with Crippen LogP contribution in [0.1, 0.15) is 53.8 Å². The third-order valence-corrected chi connectivity index (χ3v) is 9.58. The molecule has 1 saturated carbocycles.